The van der Waals surface area contributed by atoms with Crippen LogP contribution in [0.25, 0.3) is 22.2 Å². The van der Waals surface area contributed by atoms with Gasteiger partial charge in [0, 0.05) is 12.0 Å². The summed E-state index contributed by atoms with van der Waals surface area (Å²) < 4.78 is 0. The molecule has 0 amide bonds. The molecule has 2 aromatic carbocycles. The van der Waals surface area contributed by atoms with Crippen LogP contribution in [0.2, 0.25) is 0 Å². The highest BCUT2D eigenvalue weighted by Gasteiger charge is 2.08. The first-order valence-electron chi connectivity index (χ1n) is 13.3. The number of nitrogen functional groups attached to an aromatic ring is 1. The van der Waals surface area contributed by atoms with E-state index in [1.807, 2.05) is 0 Å². The second kappa shape index (κ2) is 14.6. The van der Waals surface area contributed by atoms with E-state index in [0.717, 1.165) is 24.2 Å². The Morgan fingerprint density at radius 3 is 1.82 bits per heavy atom. The van der Waals surface area contributed by atoms with E-state index in [-0.39, 0.29) is 0 Å². The van der Waals surface area contributed by atoms with Gasteiger partial charge in [0.2, 0.25) is 5.95 Å². The Bertz CT molecular complexity index is 953. The van der Waals surface area contributed by atoms with Crippen LogP contribution in [-0.2, 0) is 6.42 Å². The van der Waals surface area contributed by atoms with E-state index in [0.29, 0.717) is 11.8 Å². The molecule has 0 aliphatic rings. The molecule has 33 heavy (non-hydrogen) atoms. The van der Waals surface area contributed by atoms with Gasteiger partial charge in [0.1, 0.15) is 5.82 Å². The van der Waals surface area contributed by atoms with Crippen molar-refractivity contribution in [2.45, 2.75) is 103 Å². The van der Waals surface area contributed by atoms with Gasteiger partial charge in [-0.3, -0.25) is 0 Å². The van der Waals surface area contributed by atoms with Gasteiger partial charge in [-0.15, -0.1) is 0 Å². The molecule has 178 valence electrons. The summed E-state index contributed by atoms with van der Waals surface area (Å²) in [6.07, 6.45) is 19.9. The van der Waals surface area contributed by atoms with Crippen molar-refractivity contribution in [3.63, 3.8) is 0 Å². The molecule has 3 aromatic rings. The molecule has 0 atom stereocenters. The molecule has 0 spiro atoms. The van der Waals surface area contributed by atoms with Gasteiger partial charge in [0.25, 0.3) is 0 Å². The molecule has 3 rings (SSSR count). The zero-order valence-electron chi connectivity index (χ0n) is 20.6. The van der Waals surface area contributed by atoms with Crippen LogP contribution in [0.3, 0.4) is 0 Å². The summed E-state index contributed by atoms with van der Waals surface area (Å²) in [6, 6.07) is 14.6. The van der Waals surface area contributed by atoms with Crippen molar-refractivity contribution < 1.29 is 0 Å². The van der Waals surface area contributed by atoms with Gasteiger partial charge in [-0.25, -0.2) is 4.98 Å². The Balaban J connectivity index is 1.31. The number of anilines is 1. The van der Waals surface area contributed by atoms with E-state index in [1.165, 1.54) is 94.2 Å². The van der Waals surface area contributed by atoms with Crippen LogP contribution >= 0.6 is 0 Å². The lowest BCUT2D eigenvalue weighted by Crippen LogP contribution is -2.05. The Hall–Kier alpha value is -2.49. The van der Waals surface area contributed by atoms with E-state index in [4.69, 9.17) is 10.7 Å². The van der Waals surface area contributed by atoms with Gasteiger partial charge in [-0.1, -0.05) is 127 Å². The number of hydrogen-bond donors (Lipinski definition) is 1. The summed E-state index contributed by atoms with van der Waals surface area (Å²) in [4.78, 5) is 13.5. The summed E-state index contributed by atoms with van der Waals surface area (Å²) in [7, 11) is 0. The fourth-order valence-corrected chi connectivity index (χ4v) is 4.48. The number of fused-ring (bicyclic) bond motifs is 1. The topological polar surface area (TPSA) is 64.7 Å². The highest BCUT2D eigenvalue weighted by Crippen LogP contribution is 2.22. The molecule has 0 fully saturated rings. The lowest BCUT2D eigenvalue weighted by Gasteiger charge is -2.07. The zero-order valence-corrected chi connectivity index (χ0v) is 20.6. The summed E-state index contributed by atoms with van der Waals surface area (Å²) in [5, 5.41) is 2.40. The zero-order chi connectivity index (χ0) is 23.1. The van der Waals surface area contributed by atoms with E-state index in [9.17, 15) is 0 Å². The van der Waals surface area contributed by atoms with Crippen LogP contribution in [0.5, 0.6) is 0 Å². The maximum atomic E-state index is 6.00. The molecule has 0 radical (unpaired) electrons. The highest BCUT2D eigenvalue weighted by molar-refractivity contribution is 5.86. The lowest BCUT2D eigenvalue weighted by molar-refractivity contribution is 0.534. The van der Waals surface area contributed by atoms with Crippen molar-refractivity contribution in [2.75, 3.05) is 5.73 Å². The second-order valence-electron chi connectivity index (χ2n) is 9.34. The third-order valence-corrected chi connectivity index (χ3v) is 6.46. The summed E-state index contributed by atoms with van der Waals surface area (Å²) in [5.41, 5.74) is 6.99. The predicted octanol–water partition coefficient (Wildman–Crippen LogP) is 8.30. The van der Waals surface area contributed by atoms with E-state index in [1.54, 1.807) is 0 Å². The minimum atomic E-state index is 0.313. The molecule has 4 nitrogen and oxygen atoms in total. The molecule has 0 bridgehead atoms. The molecule has 0 saturated heterocycles. The monoisotopic (exact) mass is 446 g/mol. The number of nitrogens with two attached hydrogens (primary N) is 1. The van der Waals surface area contributed by atoms with Gasteiger partial charge in [0.05, 0.1) is 0 Å². The molecule has 0 unspecified atom stereocenters. The molecule has 4 heteroatoms. The van der Waals surface area contributed by atoms with Crippen molar-refractivity contribution >= 4 is 16.7 Å². The SMILES string of the molecule is CCCCCCCCCCCCCCCCc1nc(N)nc(-c2ccc3ccccc3c2)n1. The number of hydrogen-bond acceptors (Lipinski definition) is 4. The molecule has 1 heterocycles. The molecular weight excluding hydrogens is 404 g/mol. The Labute approximate surface area is 200 Å². The quantitative estimate of drug-likeness (QED) is 0.225. The van der Waals surface area contributed by atoms with Crippen molar-refractivity contribution in [1.82, 2.24) is 15.0 Å². The normalized spacial score (nSPS) is 11.3. The third-order valence-electron chi connectivity index (χ3n) is 6.46. The predicted molar refractivity (Wildman–Crippen MR) is 141 cm³/mol. The fourth-order valence-electron chi connectivity index (χ4n) is 4.48. The van der Waals surface area contributed by atoms with Gasteiger partial charge in [-0.05, 0) is 23.3 Å². The standard InChI is InChI=1S/C29H42N4/c1-2-3-4-5-6-7-8-9-10-11-12-13-14-15-20-27-31-28(33-29(30)32-27)26-22-21-24-18-16-17-19-25(24)23-26/h16-19,21-23H,2-15,20H2,1H3,(H2,30,31,32,33). The number of nitrogens with zero attached hydrogens (tertiary/aromatic N) is 3. The Morgan fingerprint density at radius 2 is 1.18 bits per heavy atom. The first-order valence-corrected chi connectivity index (χ1v) is 13.3. The molecule has 0 aliphatic carbocycles. The Morgan fingerprint density at radius 1 is 0.606 bits per heavy atom. The first kappa shape index (κ1) is 25.1. The number of aryl methyl sites for hydroxylation is 1. The number of benzene rings is 2. The second-order valence-corrected chi connectivity index (χ2v) is 9.34. The molecular formula is C29H42N4. The maximum absolute atomic E-state index is 6.00. The van der Waals surface area contributed by atoms with Crippen LogP contribution in [0.1, 0.15) is 103 Å². The number of rotatable bonds is 16. The summed E-state index contributed by atoms with van der Waals surface area (Å²) in [6.45, 7) is 2.28. The molecule has 1 aromatic heterocycles. The van der Waals surface area contributed by atoms with E-state index < -0.39 is 0 Å². The van der Waals surface area contributed by atoms with Crippen molar-refractivity contribution in [1.29, 1.82) is 0 Å². The highest BCUT2D eigenvalue weighted by atomic mass is 15.1. The molecule has 2 N–H and O–H groups in total. The largest absolute Gasteiger partial charge is 0.368 e. The van der Waals surface area contributed by atoms with Crippen molar-refractivity contribution in [2.24, 2.45) is 0 Å². The molecule has 0 saturated carbocycles. The van der Waals surface area contributed by atoms with Crippen LogP contribution < -0.4 is 5.73 Å². The molecule has 0 aliphatic heterocycles. The maximum Gasteiger partial charge on any atom is 0.223 e. The van der Waals surface area contributed by atoms with Crippen LogP contribution in [0.15, 0.2) is 42.5 Å². The van der Waals surface area contributed by atoms with E-state index in [2.05, 4.69) is 59.4 Å². The van der Waals surface area contributed by atoms with Crippen LogP contribution in [-0.4, -0.2) is 15.0 Å². The smallest absolute Gasteiger partial charge is 0.223 e. The lowest BCUT2D eigenvalue weighted by atomic mass is 10.0. The third kappa shape index (κ3) is 9.11. The van der Waals surface area contributed by atoms with Gasteiger partial charge in [0.15, 0.2) is 5.82 Å². The summed E-state index contributed by atoms with van der Waals surface area (Å²) in [5.74, 6) is 1.80. The average molecular weight is 447 g/mol. The minimum absolute atomic E-state index is 0.313. The van der Waals surface area contributed by atoms with Crippen molar-refractivity contribution in [3.8, 4) is 11.4 Å². The van der Waals surface area contributed by atoms with Crippen LogP contribution in [0, 0.1) is 0 Å². The summed E-state index contributed by atoms with van der Waals surface area (Å²) >= 11 is 0. The Kier molecular flexibility index (Phi) is 11.1. The van der Waals surface area contributed by atoms with Gasteiger partial charge in [-0.2, -0.15) is 9.97 Å². The number of unbranched alkanes of at least 4 members (excludes halogenated alkanes) is 13. The van der Waals surface area contributed by atoms with E-state index >= 15 is 0 Å². The fraction of sp³-hybridized carbons (Fsp3) is 0.552. The minimum Gasteiger partial charge on any atom is -0.368 e. The van der Waals surface area contributed by atoms with Crippen LogP contribution in [0.4, 0.5) is 5.95 Å². The first-order chi connectivity index (χ1) is 16.3. The van der Waals surface area contributed by atoms with Gasteiger partial charge >= 0.3 is 0 Å². The average Bonchev–Trinajstić information content (AvgIpc) is 2.83. The number of aromatic nitrogens is 3. The van der Waals surface area contributed by atoms with Gasteiger partial charge < -0.3 is 5.73 Å². The van der Waals surface area contributed by atoms with Crippen molar-refractivity contribution in [3.05, 3.63) is 48.3 Å².